The molecule has 3 aromatic rings. The van der Waals surface area contributed by atoms with E-state index in [2.05, 4.69) is 15.5 Å². The molecule has 0 fully saturated rings. The average Bonchev–Trinajstić information content (AvgIpc) is 3.23. The second kappa shape index (κ2) is 7.67. The number of anilines is 1. The number of imide groups is 1. The van der Waals surface area contributed by atoms with Crippen LogP contribution in [0.5, 0.6) is 0 Å². The third kappa shape index (κ3) is 3.91. The fourth-order valence-corrected chi connectivity index (χ4v) is 3.20. The average molecular weight is 390 g/mol. The van der Waals surface area contributed by atoms with E-state index in [0.717, 1.165) is 5.56 Å². The highest BCUT2D eigenvalue weighted by Gasteiger charge is 2.34. The van der Waals surface area contributed by atoms with Crippen LogP contribution in [0.4, 0.5) is 5.69 Å². The van der Waals surface area contributed by atoms with Crippen LogP contribution in [0, 0.1) is 6.92 Å². The Balaban J connectivity index is 1.33. The molecule has 0 unspecified atom stereocenters. The van der Waals surface area contributed by atoms with Gasteiger partial charge >= 0.3 is 0 Å². The van der Waals surface area contributed by atoms with Crippen LogP contribution in [-0.4, -0.2) is 39.3 Å². The lowest BCUT2D eigenvalue weighted by Crippen LogP contribution is -2.31. The minimum Gasteiger partial charge on any atom is -0.340 e. The van der Waals surface area contributed by atoms with Gasteiger partial charge in [0.15, 0.2) is 5.82 Å². The van der Waals surface area contributed by atoms with E-state index in [0.29, 0.717) is 41.5 Å². The van der Waals surface area contributed by atoms with Gasteiger partial charge < -0.3 is 9.84 Å². The highest BCUT2D eigenvalue weighted by atomic mass is 16.5. The number of nitrogens with zero attached hydrogens (tertiary/aromatic N) is 3. The lowest BCUT2D eigenvalue weighted by atomic mass is 10.1. The summed E-state index contributed by atoms with van der Waals surface area (Å²) in [6, 6.07) is 14.1. The molecule has 0 aliphatic carbocycles. The minimum atomic E-state index is -0.258. The first kappa shape index (κ1) is 18.5. The van der Waals surface area contributed by atoms with Crippen molar-refractivity contribution in [1.82, 2.24) is 15.0 Å². The van der Waals surface area contributed by atoms with Crippen molar-refractivity contribution in [2.24, 2.45) is 0 Å². The summed E-state index contributed by atoms with van der Waals surface area (Å²) < 4.78 is 4.84. The molecule has 1 aliphatic heterocycles. The topological polar surface area (TPSA) is 105 Å². The summed E-state index contributed by atoms with van der Waals surface area (Å²) in [4.78, 5) is 42.1. The van der Waals surface area contributed by atoms with Gasteiger partial charge in [0.25, 0.3) is 11.8 Å². The van der Waals surface area contributed by atoms with E-state index in [1.807, 2.05) is 12.1 Å². The van der Waals surface area contributed by atoms with E-state index >= 15 is 0 Å². The predicted octanol–water partition coefficient (Wildman–Crippen LogP) is 2.40. The van der Waals surface area contributed by atoms with Crippen molar-refractivity contribution in [1.29, 1.82) is 0 Å². The number of aryl methyl sites for hydroxylation is 1. The number of carbonyl (C=O) groups excluding carboxylic acids is 3. The van der Waals surface area contributed by atoms with Crippen molar-refractivity contribution in [3.63, 3.8) is 0 Å². The number of nitrogens with one attached hydrogen (secondary N) is 1. The van der Waals surface area contributed by atoms with Crippen molar-refractivity contribution in [3.8, 4) is 0 Å². The molecule has 1 aromatic heterocycles. The van der Waals surface area contributed by atoms with Gasteiger partial charge in [-0.05, 0) is 36.2 Å². The van der Waals surface area contributed by atoms with E-state index in [1.165, 1.54) is 4.90 Å². The summed E-state index contributed by atoms with van der Waals surface area (Å²) in [5.74, 6) is -0.0188. The Hall–Kier alpha value is -3.81. The molecule has 29 heavy (non-hydrogen) atoms. The molecule has 1 N–H and O–H groups in total. The van der Waals surface area contributed by atoms with Crippen LogP contribution < -0.4 is 5.32 Å². The standard InChI is InChI=1S/C21H18N4O4/c1-13-22-18(24-29-13)12-19(26)23-15-8-6-14(7-9-15)10-11-25-20(27)16-4-2-3-5-17(16)21(25)28/h2-9H,10-12H2,1H3,(H,23,26). The summed E-state index contributed by atoms with van der Waals surface area (Å²) >= 11 is 0. The van der Waals surface area contributed by atoms with Gasteiger partial charge in [0.2, 0.25) is 11.8 Å². The molecular formula is C21H18N4O4. The van der Waals surface area contributed by atoms with Crippen LogP contribution in [-0.2, 0) is 17.6 Å². The Labute approximate surface area is 166 Å². The van der Waals surface area contributed by atoms with Gasteiger partial charge in [-0.2, -0.15) is 4.98 Å². The SMILES string of the molecule is Cc1nc(CC(=O)Nc2ccc(CCN3C(=O)c4ccccc4C3=O)cc2)no1. The Morgan fingerprint density at radius 1 is 1.03 bits per heavy atom. The first-order chi connectivity index (χ1) is 14.0. The zero-order chi connectivity index (χ0) is 20.4. The highest BCUT2D eigenvalue weighted by molar-refractivity contribution is 6.21. The summed E-state index contributed by atoms with van der Waals surface area (Å²) in [6.07, 6.45) is 0.556. The fourth-order valence-electron chi connectivity index (χ4n) is 3.20. The highest BCUT2D eigenvalue weighted by Crippen LogP contribution is 2.22. The maximum absolute atomic E-state index is 12.4. The zero-order valence-electron chi connectivity index (χ0n) is 15.7. The molecule has 0 saturated carbocycles. The van der Waals surface area contributed by atoms with E-state index in [1.54, 1.807) is 43.3 Å². The van der Waals surface area contributed by atoms with Crippen molar-refractivity contribution < 1.29 is 18.9 Å². The lowest BCUT2D eigenvalue weighted by Gasteiger charge is -2.14. The smallest absolute Gasteiger partial charge is 0.261 e. The lowest BCUT2D eigenvalue weighted by molar-refractivity contribution is -0.115. The summed E-state index contributed by atoms with van der Waals surface area (Å²) in [5.41, 5.74) is 2.49. The second-order valence-electron chi connectivity index (χ2n) is 6.71. The normalized spacial score (nSPS) is 12.9. The molecule has 0 spiro atoms. The molecule has 3 amide bonds. The van der Waals surface area contributed by atoms with E-state index in [4.69, 9.17) is 4.52 Å². The van der Waals surface area contributed by atoms with E-state index in [-0.39, 0.29) is 24.1 Å². The number of benzene rings is 2. The van der Waals surface area contributed by atoms with Gasteiger partial charge in [-0.15, -0.1) is 0 Å². The van der Waals surface area contributed by atoms with Gasteiger partial charge in [0, 0.05) is 19.2 Å². The Kier molecular flexibility index (Phi) is 4.90. The van der Waals surface area contributed by atoms with Crippen molar-refractivity contribution in [3.05, 3.63) is 76.9 Å². The minimum absolute atomic E-state index is 0.0266. The van der Waals surface area contributed by atoms with Crippen LogP contribution in [0.15, 0.2) is 53.1 Å². The third-order valence-corrected chi connectivity index (χ3v) is 4.63. The molecule has 8 nitrogen and oxygen atoms in total. The van der Waals surface area contributed by atoms with Crippen LogP contribution in [0.1, 0.15) is 38.0 Å². The molecule has 2 heterocycles. The molecule has 0 radical (unpaired) electrons. The monoisotopic (exact) mass is 390 g/mol. The molecule has 4 rings (SSSR count). The van der Waals surface area contributed by atoms with Gasteiger partial charge in [-0.25, -0.2) is 0 Å². The molecule has 2 aromatic carbocycles. The van der Waals surface area contributed by atoms with Crippen molar-refractivity contribution in [2.75, 3.05) is 11.9 Å². The van der Waals surface area contributed by atoms with Crippen LogP contribution >= 0.6 is 0 Å². The van der Waals surface area contributed by atoms with Crippen LogP contribution in [0.25, 0.3) is 0 Å². The van der Waals surface area contributed by atoms with Crippen molar-refractivity contribution >= 4 is 23.4 Å². The summed E-state index contributed by atoms with van der Waals surface area (Å²) in [5, 5.41) is 6.46. The number of amides is 3. The number of hydrogen-bond acceptors (Lipinski definition) is 6. The number of hydrogen-bond donors (Lipinski definition) is 1. The number of carbonyl (C=O) groups is 3. The summed E-state index contributed by atoms with van der Waals surface area (Å²) in [6.45, 7) is 1.96. The van der Waals surface area contributed by atoms with E-state index < -0.39 is 0 Å². The van der Waals surface area contributed by atoms with Crippen molar-refractivity contribution in [2.45, 2.75) is 19.8 Å². The maximum Gasteiger partial charge on any atom is 0.261 e. The quantitative estimate of drug-likeness (QED) is 0.648. The largest absolute Gasteiger partial charge is 0.340 e. The van der Waals surface area contributed by atoms with Gasteiger partial charge in [-0.1, -0.05) is 29.4 Å². The zero-order valence-corrected chi connectivity index (χ0v) is 15.7. The first-order valence-electron chi connectivity index (χ1n) is 9.14. The molecule has 0 atom stereocenters. The van der Waals surface area contributed by atoms with Crippen LogP contribution in [0.2, 0.25) is 0 Å². The molecule has 1 aliphatic rings. The molecule has 0 bridgehead atoms. The maximum atomic E-state index is 12.4. The molecular weight excluding hydrogens is 372 g/mol. The Morgan fingerprint density at radius 2 is 1.69 bits per heavy atom. The molecule has 146 valence electrons. The predicted molar refractivity (Wildman–Crippen MR) is 103 cm³/mol. The van der Waals surface area contributed by atoms with Gasteiger partial charge in [-0.3, -0.25) is 19.3 Å². The number of aromatic nitrogens is 2. The molecule has 0 saturated heterocycles. The number of fused-ring (bicyclic) bond motifs is 1. The van der Waals surface area contributed by atoms with Crippen LogP contribution in [0.3, 0.4) is 0 Å². The van der Waals surface area contributed by atoms with Gasteiger partial charge in [0.1, 0.15) is 0 Å². The number of rotatable bonds is 6. The fraction of sp³-hybridized carbons (Fsp3) is 0.190. The third-order valence-electron chi connectivity index (χ3n) is 4.63. The first-order valence-corrected chi connectivity index (χ1v) is 9.14. The Morgan fingerprint density at radius 3 is 2.28 bits per heavy atom. The van der Waals surface area contributed by atoms with E-state index in [9.17, 15) is 14.4 Å². The molecule has 8 heteroatoms. The Bertz CT molecular complexity index is 1050. The van der Waals surface area contributed by atoms with Gasteiger partial charge in [0.05, 0.1) is 17.5 Å². The second-order valence-corrected chi connectivity index (χ2v) is 6.71. The summed E-state index contributed by atoms with van der Waals surface area (Å²) in [7, 11) is 0.